The average Bonchev–Trinajstić information content (AvgIpc) is 2.40. The molecule has 1 aromatic rings. The molecule has 0 aromatic carbocycles. The van der Waals surface area contributed by atoms with Crippen LogP contribution in [-0.2, 0) is 6.54 Å². The van der Waals surface area contributed by atoms with E-state index in [4.69, 9.17) is 0 Å². The summed E-state index contributed by atoms with van der Waals surface area (Å²) >= 11 is 0. The number of rotatable bonds is 6. The van der Waals surface area contributed by atoms with Crippen molar-refractivity contribution in [3.63, 3.8) is 0 Å². The van der Waals surface area contributed by atoms with Gasteiger partial charge in [-0.15, -0.1) is 0 Å². The van der Waals surface area contributed by atoms with Gasteiger partial charge in [-0.2, -0.15) is 0 Å². The normalized spacial score (nSPS) is 11.9. The Balaban J connectivity index is 2.44. The maximum atomic E-state index is 11.7. The van der Waals surface area contributed by atoms with E-state index in [1.807, 2.05) is 13.8 Å². The molecule has 0 saturated heterocycles. The topological polar surface area (TPSA) is 74.6 Å². The largest absolute Gasteiger partial charge is 0.389 e. The van der Waals surface area contributed by atoms with Crippen LogP contribution in [0.5, 0.6) is 0 Å². The van der Waals surface area contributed by atoms with E-state index in [0.29, 0.717) is 13.1 Å². The molecule has 1 rings (SSSR count). The maximum absolute atomic E-state index is 11.7. The first-order valence-electron chi connectivity index (χ1n) is 6.44. The molecule has 2 N–H and O–H groups in total. The van der Waals surface area contributed by atoms with Gasteiger partial charge in [-0.05, 0) is 19.9 Å². The van der Waals surface area contributed by atoms with Crippen LogP contribution in [0.4, 0.5) is 4.79 Å². The Morgan fingerprint density at radius 1 is 1.42 bits per heavy atom. The zero-order valence-electron chi connectivity index (χ0n) is 11.4. The second-order valence-corrected chi connectivity index (χ2v) is 4.20. The van der Waals surface area contributed by atoms with Crippen LogP contribution in [0.25, 0.3) is 0 Å². The van der Waals surface area contributed by atoms with E-state index in [1.54, 1.807) is 23.2 Å². The Morgan fingerprint density at radius 3 is 2.68 bits per heavy atom. The summed E-state index contributed by atoms with van der Waals surface area (Å²) in [6, 6.07) is 4.60. The summed E-state index contributed by atoms with van der Waals surface area (Å²) in [4.78, 5) is 24.7. The first-order valence-corrected chi connectivity index (χ1v) is 6.44. The molecule has 6 heteroatoms. The second kappa shape index (κ2) is 7.58. The molecule has 0 radical (unpaired) electrons. The zero-order chi connectivity index (χ0) is 14.3. The third kappa shape index (κ3) is 4.75. The van der Waals surface area contributed by atoms with E-state index < -0.39 is 6.10 Å². The number of hydrogen-bond acceptors (Lipinski definition) is 3. The Kier molecular flexibility index (Phi) is 6.08. The fourth-order valence-corrected chi connectivity index (χ4v) is 1.73. The summed E-state index contributed by atoms with van der Waals surface area (Å²) in [5.74, 6) is 0. The van der Waals surface area contributed by atoms with Crippen LogP contribution in [0, 0.1) is 0 Å². The van der Waals surface area contributed by atoms with E-state index in [0.717, 1.165) is 0 Å². The van der Waals surface area contributed by atoms with E-state index in [-0.39, 0.29) is 24.7 Å². The number of urea groups is 1. The van der Waals surface area contributed by atoms with E-state index >= 15 is 0 Å². The molecule has 1 aromatic heterocycles. The monoisotopic (exact) mass is 267 g/mol. The van der Waals surface area contributed by atoms with Gasteiger partial charge in [-0.1, -0.05) is 6.07 Å². The summed E-state index contributed by atoms with van der Waals surface area (Å²) in [6.45, 7) is 5.31. The van der Waals surface area contributed by atoms with Gasteiger partial charge in [0, 0.05) is 31.9 Å². The quantitative estimate of drug-likeness (QED) is 0.776. The molecule has 0 spiro atoms. The number of hydrogen-bond donors (Lipinski definition) is 2. The lowest BCUT2D eigenvalue weighted by Crippen LogP contribution is -2.43. The molecule has 0 fully saturated rings. The lowest BCUT2D eigenvalue weighted by atomic mass is 10.3. The minimum Gasteiger partial charge on any atom is -0.389 e. The van der Waals surface area contributed by atoms with Crippen molar-refractivity contribution in [1.29, 1.82) is 0 Å². The van der Waals surface area contributed by atoms with Crippen molar-refractivity contribution >= 4 is 6.03 Å². The Bertz CT molecular complexity index is 454. The molecule has 0 aliphatic carbocycles. The van der Waals surface area contributed by atoms with E-state index in [9.17, 15) is 14.7 Å². The van der Waals surface area contributed by atoms with Crippen LogP contribution in [0.15, 0.2) is 29.2 Å². The minimum atomic E-state index is -0.792. The number of pyridine rings is 1. The Morgan fingerprint density at radius 2 is 2.11 bits per heavy atom. The molecule has 0 saturated carbocycles. The SMILES string of the molecule is CCN(CC)C(=O)NCC(O)Cn1ccccc1=O. The summed E-state index contributed by atoms with van der Waals surface area (Å²) < 4.78 is 1.41. The van der Waals surface area contributed by atoms with Crippen LogP contribution in [0.3, 0.4) is 0 Å². The first kappa shape index (κ1) is 15.2. The van der Waals surface area contributed by atoms with Crippen molar-refractivity contribution in [1.82, 2.24) is 14.8 Å². The minimum absolute atomic E-state index is 0.122. The number of aliphatic hydroxyl groups is 1. The summed E-state index contributed by atoms with van der Waals surface area (Å²) in [7, 11) is 0. The number of aromatic nitrogens is 1. The van der Waals surface area contributed by atoms with Gasteiger partial charge in [0.2, 0.25) is 0 Å². The molecule has 0 aliphatic rings. The second-order valence-electron chi connectivity index (χ2n) is 4.20. The van der Waals surface area contributed by atoms with E-state index in [2.05, 4.69) is 5.32 Å². The fourth-order valence-electron chi connectivity index (χ4n) is 1.73. The highest BCUT2D eigenvalue weighted by Gasteiger charge is 2.11. The molecule has 0 bridgehead atoms. The highest BCUT2D eigenvalue weighted by molar-refractivity contribution is 5.74. The highest BCUT2D eigenvalue weighted by Crippen LogP contribution is 1.91. The first-order chi connectivity index (χ1) is 9.08. The molecule has 1 unspecified atom stereocenters. The third-order valence-electron chi connectivity index (χ3n) is 2.85. The van der Waals surface area contributed by atoms with Crippen molar-refractivity contribution in [2.45, 2.75) is 26.5 Å². The molecule has 1 heterocycles. The van der Waals surface area contributed by atoms with Gasteiger partial charge in [0.05, 0.1) is 12.6 Å². The summed E-state index contributed by atoms with van der Waals surface area (Å²) in [5, 5.41) is 12.5. The fraction of sp³-hybridized carbons (Fsp3) is 0.538. The number of nitrogens with zero attached hydrogens (tertiary/aromatic N) is 2. The lowest BCUT2D eigenvalue weighted by Gasteiger charge is -2.20. The van der Waals surface area contributed by atoms with Crippen molar-refractivity contribution in [2.24, 2.45) is 0 Å². The molecular formula is C13H21N3O3. The van der Waals surface area contributed by atoms with Gasteiger partial charge in [0.1, 0.15) is 0 Å². The zero-order valence-corrected chi connectivity index (χ0v) is 11.4. The maximum Gasteiger partial charge on any atom is 0.317 e. The number of amides is 2. The van der Waals surface area contributed by atoms with Gasteiger partial charge in [0.25, 0.3) is 5.56 Å². The Hall–Kier alpha value is -1.82. The average molecular weight is 267 g/mol. The Labute approximate surface area is 112 Å². The van der Waals surface area contributed by atoms with Crippen LogP contribution < -0.4 is 10.9 Å². The highest BCUT2D eigenvalue weighted by atomic mass is 16.3. The van der Waals surface area contributed by atoms with Crippen molar-refractivity contribution in [2.75, 3.05) is 19.6 Å². The van der Waals surface area contributed by atoms with Crippen LogP contribution in [-0.4, -0.2) is 46.3 Å². The molecule has 106 valence electrons. The van der Waals surface area contributed by atoms with Gasteiger partial charge in [-0.3, -0.25) is 4.79 Å². The van der Waals surface area contributed by atoms with Gasteiger partial charge < -0.3 is 19.9 Å². The van der Waals surface area contributed by atoms with Gasteiger partial charge >= 0.3 is 6.03 Å². The molecule has 1 atom stereocenters. The van der Waals surface area contributed by atoms with Crippen LogP contribution >= 0.6 is 0 Å². The third-order valence-corrected chi connectivity index (χ3v) is 2.85. The predicted octanol–water partition coefficient (Wildman–Crippen LogP) is 0.261. The predicted molar refractivity (Wildman–Crippen MR) is 73.0 cm³/mol. The van der Waals surface area contributed by atoms with Gasteiger partial charge in [-0.25, -0.2) is 4.79 Å². The van der Waals surface area contributed by atoms with Crippen LogP contribution in [0.1, 0.15) is 13.8 Å². The van der Waals surface area contributed by atoms with Crippen LogP contribution in [0.2, 0.25) is 0 Å². The standard InChI is InChI=1S/C13H21N3O3/c1-3-15(4-2)13(19)14-9-11(17)10-16-8-6-5-7-12(16)18/h5-8,11,17H,3-4,9-10H2,1-2H3,(H,14,19). The molecule has 6 nitrogen and oxygen atoms in total. The van der Waals surface area contributed by atoms with Crippen molar-refractivity contribution in [3.05, 3.63) is 34.7 Å². The number of carbonyl (C=O) groups is 1. The number of aliphatic hydroxyl groups excluding tert-OH is 1. The molecular weight excluding hydrogens is 246 g/mol. The molecule has 19 heavy (non-hydrogen) atoms. The number of carbonyl (C=O) groups excluding carboxylic acids is 1. The van der Waals surface area contributed by atoms with E-state index in [1.165, 1.54) is 10.6 Å². The van der Waals surface area contributed by atoms with Gasteiger partial charge in [0.15, 0.2) is 0 Å². The summed E-state index contributed by atoms with van der Waals surface area (Å²) in [5.41, 5.74) is -0.170. The summed E-state index contributed by atoms with van der Waals surface area (Å²) in [6.07, 6.45) is 0.817. The number of nitrogens with one attached hydrogen (secondary N) is 1. The smallest absolute Gasteiger partial charge is 0.317 e. The molecule has 0 aliphatic heterocycles. The van der Waals surface area contributed by atoms with Crippen molar-refractivity contribution < 1.29 is 9.90 Å². The van der Waals surface area contributed by atoms with Crippen molar-refractivity contribution in [3.8, 4) is 0 Å². The molecule has 2 amide bonds. The lowest BCUT2D eigenvalue weighted by molar-refractivity contribution is 0.145.